The van der Waals surface area contributed by atoms with E-state index in [4.69, 9.17) is 14.6 Å². The van der Waals surface area contributed by atoms with Crippen LogP contribution in [0.1, 0.15) is 56.9 Å². The number of carbonyl (C=O) groups is 1. The Bertz CT molecular complexity index is 856. The van der Waals surface area contributed by atoms with Gasteiger partial charge in [-0.1, -0.05) is 37.8 Å². The summed E-state index contributed by atoms with van der Waals surface area (Å²) in [7, 11) is 5.73. The molecule has 0 N–H and O–H groups in total. The van der Waals surface area contributed by atoms with Gasteiger partial charge in [0.15, 0.2) is 11.5 Å². The van der Waals surface area contributed by atoms with Crippen LogP contribution in [0.2, 0.25) is 0 Å². The van der Waals surface area contributed by atoms with Crippen molar-refractivity contribution in [2.75, 3.05) is 34.4 Å². The molecule has 1 aromatic carbocycles. The molecule has 6 heteroatoms. The van der Waals surface area contributed by atoms with Gasteiger partial charge in [0.1, 0.15) is 6.61 Å². The lowest BCUT2D eigenvalue weighted by molar-refractivity contribution is -0.140. The molecule has 174 valence electrons. The highest BCUT2D eigenvalue weighted by atomic mass is 16.5. The number of hydrogen-bond acceptors (Lipinski definition) is 5. The number of hydrogen-bond donors (Lipinski definition) is 0. The Kier molecular flexibility index (Phi) is 7.51. The van der Waals surface area contributed by atoms with Gasteiger partial charge in [-0.2, -0.15) is 5.10 Å². The second kappa shape index (κ2) is 10.5. The molecule has 2 atom stereocenters. The normalized spacial score (nSPS) is 24.2. The van der Waals surface area contributed by atoms with Crippen LogP contribution in [0.25, 0.3) is 0 Å². The van der Waals surface area contributed by atoms with Gasteiger partial charge in [0.05, 0.1) is 24.8 Å². The zero-order valence-electron chi connectivity index (χ0n) is 19.8. The number of fused-ring (bicyclic) bond motifs is 1. The van der Waals surface area contributed by atoms with Crippen molar-refractivity contribution in [2.24, 2.45) is 16.9 Å². The summed E-state index contributed by atoms with van der Waals surface area (Å²) in [5.74, 6) is 1.77. The van der Waals surface area contributed by atoms with Crippen molar-refractivity contribution in [2.45, 2.75) is 57.4 Å². The average molecular weight is 440 g/mol. The molecule has 0 radical (unpaired) electrons. The number of carbonyl (C=O) groups excluding carboxylic acids is 1. The zero-order valence-corrected chi connectivity index (χ0v) is 19.8. The molecule has 1 amide bonds. The van der Waals surface area contributed by atoms with Crippen molar-refractivity contribution >= 4 is 11.6 Å². The summed E-state index contributed by atoms with van der Waals surface area (Å²) in [5, 5.41) is 6.91. The van der Waals surface area contributed by atoms with Crippen LogP contribution in [0.3, 0.4) is 0 Å². The molecule has 2 aliphatic carbocycles. The van der Waals surface area contributed by atoms with Gasteiger partial charge in [-0.05, 0) is 58.0 Å². The van der Waals surface area contributed by atoms with Gasteiger partial charge in [0.25, 0.3) is 0 Å². The van der Waals surface area contributed by atoms with E-state index in [1.54, 1.807) is 7.11 Å². The molecular weight excluding hydrogens is 402 g/mol. The molecule has 1 heterocycles. The predicted octanol–water partition coefficient (Wildman–Crippen LogP) is 4.49. The standard InChI is InChI=1S/C26H37N3O3/c1-28(2)16-17-32-24-18-19(14-15-23(24)31-3)25-21-12-8-9-13-22(21)26(30)29(27-25)20-10-6-4-5-7-11-20/h8-9,14-15,18,20-22H,4-7,10-13,16-17H2,1-3H3. The highest BCUT2D eigenvalue weighted by Gasteiger charge is 2.42. The van der Waals surface area contributed by atoms with Gasteiger partial charge in [-0.15, -0.1) is 0 Å². The van der Waals surface area contributed by atoms with E-state index >= 15 is 0 Å². The molecule has 3 aliphatic rings. The molecule has 6 nitrogen and oxygen atoms in total. The number of hydrazone groups is 1. The van der Waals surface area contributed by atoms with Gasteiger partial charge in [0, 0.05) is 18.0 Å². The Morgan fingerprint density at radius 1 is 1.03 bits per heavy atom. The maximum absolute atomic E-state index is 13.5. The van der Waals surface area contributed by atoms with E-state index in [9.17, 15) is 4.79 Å². The molecule has 0 aromatic heterocycles. The van der Waals surface area contributed by atoms with Crippen molar-refractivity contribution < 1.29 is 14.3 Å². The number of likely N-dealkylation sites (N-methyl/N-ethyl adjacent to an activating group) is 1. The Hall–Kier alpha value is -2.34. The summed E-state index contributed by atoms with van der Waals surface area (Å²) in [6.45, 7) is 1.41. The molecule has 1 saturated carbocycles. The first kappa shape index (κ1) is 22.8. The highest BCUT2D eigenvalue weighted by molar-refractivity contribution is 6.07. The third-order valence-electron chi connectivity index (χ3n) is 6.97. The van der Waals surface area contributed by atoms with Gasteiger partial charge < -0.3 is 14.4 Å². The molecular formula is C26H37N3O3. The molecule has 2 unspecified atom stereocenters. The second-order valence-corrected chi connectivity index (χ2v) is 9.49. The fraction of sp³-hybridized carbons (Fsp3) is 0.615. The molecule has 1 aromatic rings. The minimum Gasteiger partial charge on any atom is -0.493 e. The molecule has 0 bridgehead atoms. The van der Waals surface area contributed by atoms with E-state index in [0.29, 0.717) is 6.61 Å². The highest BCUT2D eigenvalue weighted by Crippen LogP contribution is 2.38. The van der Waals surface area contributed by atoms with Crippen LogP contribution in [0.4, 0.5) is 0 Å². The Labute approximate surface area is 192 Å². The van der Waals surface area contributed by atoms with E-state index in [2.05, 4.69) is 23.1 Å². The number of nitrogens with zero attached hydrogens (tertiary/aromatic N) is 3. The minimum absolute atomic E-state index is 0.0176. The Morgan fingerprint density at radius 3 is 2.44 bits per heavy atom. The lowest BCUT2D eigenvalue weighted by Crippen LogP contribution is -2.49. The van der Waals surface area contributed by atoms with Crippen molar-refractivity contribution in [3.05, 3.63) is 35.9 Å². The molecule has 0 saturated heterocycles. The summed E-state index contributed by atoms with van der Waals surface area (Å²) in [5.41, 5.74) is 2.05. The molecule has 1 fully saturated rings. The quantitative estimate of drug-likeness (QED) is 0.464. The largest absolute Gasteiger partial charge is 0.493 e. The third-order valence-corrected chi connectivity index (χ3v) is 6.97. The fourth-order valence-electron chi connectivity index (χ4n) is 5.12. The van der Waals surface area contributed by atoms with Crippen LogP contribution in [-0.2, 0) is 4.79 Å². The van der Waals surface area contributed by atoms with Crippen LogP contribution >= 0.6 is 0 Å². The summed E-state index contributed by atoms with van der Waals surface area (Å²) < 4.78 is 11.6. The van der Waals surface area contributed by atoms with Crippen molar-refractivity contribution in [1.29, 1.82) is 0 Å². The summed E-state index contributed by atoms with van der Waals surface area (Å²) in [6.07, 6.45) is 13.0. The number of amides is 1. The topological polar surface area (TPSA) is 54.4 Å². The van der Waals surface area contributed by atoms with Crippen LogP contribution in [0.15, 0.2) is 35.5 Å². The number of rotatable bonds is 7. The molecule has 4 rings (SSSR count). The average Bonchev–Trinajstić information content (AvgIpc) is 3.09. The van der Waals surface area contributed by atoms with Gasteiger partial charge >= 0.3 is 0 Å². The van der Waals surface area contributed by atoms with Crippen LogP contribution in [0.5, 0.6) is 11.5 Å². The maximum Gasteiger partial charge on any atom is 0.247 e. The SMILES string of the molecule is COc1ccc(C2=NN(C3CCCCCC3)C(=O)C3CC=CCC23)cc1OCCN(C)C. The lowest BCUT2D eigenvalue weighted by Gasteiger charge is -2.40. The van der Waals surface area contributed by atoms with E-state index in [1.165, 1.54) is 25.7 Å². The molecule has 1 aliphatic heterocycles. The molecule has 32 heavy (non-hydrogen) atoms. The number of ether oxygens (including phenoxy) is 2. The van der Waals surface area contributed by atoms with Crippen LogP contribution < -0.4 is 9.47 Å². The van der Waals surface area contributed by atoms with Crippen LogP contribution in [-0.4, -0.2) is 61.9 Å². The minimum atomic E-state index is -0.0176. The number of methoxy groups -OCH3 is 1. The smallest absolute Gasteiger partial charge is 0.247 e. The van der Waals surface area contributed by atoms with Crippen molar-refractivity contribution in [1.82, 2.24) is 9.91 Å². The summed E-state index contributed by atoms with van der Waals surface area (Å²) in [6, 6.07) is 6.29. The van der Waals surface area contributed by atoms with E-state index < -0.39 is 0 Å². The van der Waals surface area contributed by atoms with E-state index in [0.717, 1.165) is 55.0 Å². The van der Waals surface area contributed by atoms with Crippen molar-refractivity contribution in [3.63, 3.8) is 0 Å². The predicted molar refractivity (Wildman–Crippen MR) is 127 cm³/mol. The Balaban J connectivity index is 1.67. The van der Waals surface area contributed by atoms with E-state index in [-0.39, 0.29) is 23.8 Å². The van der Waals surface area contributed by atoms with Crippen LogP contribution in [0, 0.1) is 11.8 Å². The maximum atomic E-state index is 13.5. The van der Waals surface area contributed by atoms with Gasteiger partial charge in [-0.25, -0.2) is 5.01 Å². The second-order valence-electron chi connectivity index (χ2n) is 9.49. The molecule has 0 spiro atoms. The first-order chi connectivity index (χ1) is 15.6. The third kappa shape index (κ3) is 5.01. The van der Waals surface area contributed by atoms with Crippen molar-refractivity contribution in [3.8, 4) is 11.5 Å². The first-order valence-corrected chi connectivity index (χ1v) is 12.1. The number of allylic oxidation sites excluding steroid dienone is 2. The Morgan fingerprint density at radius 2 is 1.75 bits per heavy atom. The summed E-state index contributed by atoms with van der Waals surface area (Å²) in [4.78, 5) is 15.6. The summed E-state index contributed by atoms with van der Waals surface area (Å²) >= 11 is 0. The zero-order chi connectivity index (χ0) is 22.5. The monoisotopic (exact) mass is 439 g/mol. The van der Waals surface area contributed by atoms with Gasteiger partial charge in [-0.3, -0.25) is 4.79 Å². The number of benzene rings is 1. The van der Waals surface area contributed by atoms with E-state index in [1.807, 2.05) is 31.2 Å². The fourth-order valence-corrected chi connectivity index (χ4v) is 5.12. The van der Waals surface area contributed by atoms with Gasteiger partial charge in [0.2, 0.25) is 5.91 Å². The lowest BCUT2D eigenvalue weighted by atomic mass is 9.76. The first-order valence-electron chi connectivity index (χ1n) is 12.1.